The van der Waals surface area contributed by atoms with Gasteiger partial charge in [-0.1, -0.05) is 0 Å². The van der Waals surface area contributed by atoms with Crippen molar-refractivity contribution in [3.05, 3.63) is 33.9 Å². The molecule has 13 heteroatoms. The maximum absolute atomic E-state index is 11.6. The van der Waals surface area contributed by atoms with Crippen molar-refractivity contribution in [2.75, 3.05) is 13.2 Å². The second-order valence-electron chi connectivity index (χ2n) is 6.75. The minimum absolute atomic E-state index is 0. The van der Waals surface area contributed by atoms with Gasteiger partial charge in [-0.05, 0) is 39.5 Å². The number of carbonyl (C=O) groups excluding carboxylic acids is 3. The molecule has 0 amide bonds. The topological polar surface area (TPSA) is 205 Å². The third kappa shape index (κ3) is 7.57. The van der Waals surface area contributed by atoms with Crippen molar-refractivity contribution >= 4 is 23.5 Å². The van der Waals surface area contributed by atoms with Gasteiger partial charge in [0.15, 0.2) is 23.0 Å². The molecule has 5 N–H and O–H groups in total. The molecule has 0 radical (unpaired) electrons. The van der Waals surface area contributed by atoms with Gasteiger partial charge in [-0.2, -0.15) is 10.2 Å². The van der Waals surface area contributed by atoms with Crippen LogP contribution < -0.4 is 29.6 Å². The second kappa shape index (κ2) is 14.7. The Labute approximate surface area is 212 Å². The van der Waals surface area contributed by atoms with Crippen LogP contribution in [0.4, 0.5) is 0 Å². The molecule has 2 aliphatic rings. The molecule has 2 aromatic heterocycles. The SMILES string of the molecule is CCO.CCOC(=O)c1n[nH]c2c1C(=O)CCC2.O=C(O)c1n[nH]c2c1C(=O)CCC2.[Na+].[OH-]. The number of Topliss-reactive ketones (excluding diaryl/α,β-unsaturated/α-hetero) is 2. The number of aromatic nitrogens is 4. The summed E-state index contributed by atoms with van der Waals surface area (Å²) in [5.74, 6) is -1.81. The summed E-state index contributed by atoms with van der Waals surface area (Å²) in [4.78, 5) is 45.1. The first kappa shape index (κ1) is 30.6. The maximum Gasteiger partial charge on any atom is 1.00 e. The van der Waals surface area contributed by atoms with E-state index in [1.165, 1.54) is 0 Å². The van der Waals surface area contributed by atoms with E-state index in [2.05, 4.69) is 20.4 Å². The third-order valence-electron chi connectivity index (χ3n) is 4.57. The molecule has 0 unspecified atom stereocenters. The first-order valence-corrected chi connectivity index (χ1v) is 10.1. The number of hydrogen-bond donors (Lipinski definition) is 4. The molecule has 0 atom stereocenters. The van der Waals surface area contributed by atoms with Crippen LogP contribution in [-0.2, 0) is 17.6 Å². The van der Waals surface area contributed by atoms with Gasteiger partial charge in [-0.3, -0.25) is 19.8 Å². The van der Waals surface area contributed by atoms with E-state index in [0.717, 1.165) is 25.0 Å². The molecule has 2 aliphatic carbocycles. The number of carboxylic acid groups (broad SMARTS) is 1. The molecule has 2 heterocycles. The minimum atomic E-state index is -1.15. The zero-order chi connectivity index (χ0) is 23.0. The molecule has 0 saturated carbocycles. The summed E-state index contributed by atoms with van der Waals surface area (Å²) < 4.78 is 4.83. The molecule has 176 valence electrons. The van der Waals surface area contributed by atoms with Gasteiger partial charge in [-0.15, -0.1) is 0 Å². The minimum Gasteiger partial charge on any atom is -0.870 e. The predicted octanol–water partition coefficient (Wildman–Crippen LogP) is -1.44. The molecule has 12 nitrogen and oxygen atoms in total. The number of rotatable bonds is 3. The van der Waals surface area contributed by atoms with Crippen LogP contribution in [0.3, 0.4) is 0 Å². The summed E-state index contributed by atoms with van der Waals surface area (Å²) in [6.07, 6.45) is 3.98. The number of carboxylic acids is 1. The van der Waals surface area contributed by atoms with E-state index in [-0.39, 0.29) is 76.8 Å². The smallest absolute Gasteiger partial charge is 0.870 e. The van der Waals surface area contributed by atoms with Crippen LogP contribution in [0.25, 0.3) is 0 Å². The van der Waals surface area contributed by atoms with E-state index < -0.39 is 11.9 Å². The fourth-order valence-electron chi connectivity index (χ4n) is 3.32. The van der Waals surface area contributed by atoms with Gasteiger partial charge in [0.25, 0.3) is 0 Å². The number of aromatic carboxylic acids is 1. The molecule has 0 aromatic carbocycles. The Morgan fingerprint density at radius 1 is 0.909 bits per heavy atom. The Kier molecular flexibility index (Phi) is 13.6. The monoisotopic (exact) mass is 474 g/mol. The molecule has 0 saturated heterocycles. The number of aryl methyl sites for hydroxylation is 2. The van der Waals surface area contributed by atoms with Crippen molar-refractivity contribution in [1.82, 2.24) is 20.4 Å². The average molecular weight is 474 g/mol. The summed E-state index contributed by atoms with van der Waals surface area (Å²) in [5.41, 5.74) is 2.12. The van der Waals surface area contributed by atoms with E-state index in [4.69, 9.17) is 14.9 Å². The number of carbonyl (C=O) groups is 4. The molecule has 0 bridgehead atoms. The fourth-order valence-corrected chi connectivity index (χ4v) is 3.32. The van der Waals surface area contributed by atoms with E-state index in [1.54, 1.807) is 13.8 Å². The predicted molar refractivity (Wildman–Crippen MR) is 109 cm³/mol. The van der Waals surface area contributed by atoms with Crippen molar-refractivity contribution in [3.8, 4) is 0 Å². The van der Waals surface area contributed by atoms with Crippen LogP contribution in [0.5, 0.6) is 0 Å². The van der Waals surface area contributed by atoms with Gasteiger partial charge in [0.2, 0.25) is 0 Å². The van der Waals surface area contributed by atoms with Gasteiger partial charge in [0.05, 0.1) is 17.7 Å². The number of ether oxygens (including phenoxy) is 1. The van der Waals surface area contributed by atoms with Crippen LogP contribution in [-0.4, -0.2) is 72.8 Å². The number of H-pyrrole nitrogens is 2. The Bertz CT molecular complexity index is 969. The van der Waals surface area contributed by atoms with Gasteiger partial charge < -0.3 is 20.4 Å². The number of nitrogens with zero attached hydrogens (tertiary/aromatic N) is 2. The second-order valence-corrected chi connectivity index (χ2v) is 6.75. The van der Waals surface area contributed by atoms with Crippen LogP contribution in [0.2, 0.25) is 0 Å². The number of aromatic amines is 2. The maximum atomic E-state index is 11.6. The van der Waals surface area contributed by atoms with Crippen molar-refractivity contribution in [3.63, 3.8) is 0 Å². The Morgan fingerprint density at radius 3 is 1.76 bits per heavy atom. The number of nitrogens with one attached hydrogen (secondary N) is 2. The average Bonchev–Trinajstić information content (AvgIpc) is 3.35. The Balaban J connectivity index is 0.000000530. The molecular weight excluding hydrogens is 447 g/mol. The number of fused-ring (bicyclic) bond motifs is 2. The molecular formula is C20H27N4NaO8. The summed E-state index contributed by atoms with van der Waals surface area (Å²) in [7, 11) is 0. The van der Waals surface area contributed by atoms with Gasteiger partial charge in [0, 0.05) is 30.8 Å². The largest absolute Gasteiger partial charge is 1.00 e. The molecule has 4 rings (SSSR count). The van der Waals surface area contributed by atoms with Crippen LogP contribution >= 0.6 is 0 Å². The molecule has 0 spiro atoms. The number of esters is 1. The van der Waals surface area contributed by atoms with E-state index in [9.17, 15) is 19.2 Å². The summed E-state index contributed by atoms with van der Waals surface area (Å²) in [6, 6.07) is 0. The van der Waals surface area contributed by atoms with Crippen molar-refractivity contribution < 1.29 is 69.2 Å². The Morgan fingerprint density at radius 2 is 1.33 bits per heavy atom. The van der Waals surface area contributed by atoms with Gasteiger partial charge in [-0.25, -0.2) is 9.59 Å². The normalized spacial score (nSPS) is 13.4. The van der Waals surface area contributed by atoms with E-state index >= 15 is 0 Å². The standard InChI is InChI=1S/C10H12N2O3.C8H8N2O3.C2H6O.Na.H2O/c1-2-15-10(14)9-8-6(11-12-9)4-3-5-7(8)13;11-5-3-1-2-4-6(5)7(8(12)13)10-9-4;1-2-3;;/h2-5H2,1H3,(H,11,12);1-3H2,(H,9,10)(H,12,13);3H,2H2,1H3;;1H2/q;;;+1;/p-1. The summed E-state index contributed by atoms with van der Waals surface area (Å²) >= 11 is 0. The number of ketones is 2. The summed E-state index contributed by atoms with van der Waals surface area (Å²) in [6.45, 7) is 3.94. The third-order valence-corrected chi connectivity index (χ3v) is 4.57. The van der Waals surface area contributed by atoms with E-state index in [0.29, 0.717) is 30.5 Å². The quantitative estimate of drug-likeness (QED) is 0.301. The van der Waals surface area contributed by atoms with Crippen molar-refractivity contribution in [2.45, 2.75) is 52.4 Å². The van der Waals surface area contributed by atoms with E-state index in [1.807, 2.05) is 0 Å². The summed E-state index contributed by atoms with van der Waals surface area (Å²) in [5, 5.41) is 29.0. The zero-order valence-electron chi connectivity index (χ0n) is 18.9. The van der Waals surface area contributed by atoms with Crippen molar-refractivity contribution in [1.29, 1.82) is 0 Å². The fraction of sp³-hybridized carbons (Fsp3) is 0.500. The molecule has 0 fully saturated rings. The number of aliphatic hydroxyl groups excluding tert-OH is 1. The zero-order valence-corrected chi connectivity index (χ0v) is 20.9. The van der Waals surface area contributed by atoms with Crippen molar-refractivity contribution in [2.24, 2.45) is 0 Å². The first-order chi connectivity index (χ1) is 14.8. The molecule has 0 aliphatic heterocycles. The first-order valence-electron chi connectivity index (χ1n) is 10.1. The Hall–Kier alpha value is -2.38. The van der Waals surface area contributed by atoms with Crippen LogP contribution in [0.15, 0.2) is 0 Å². The number of aliphatic hydroxyl groups is 1. The van der Waals surface area contributed by atoms with Gasteiger partial charge >= 0.3 is 41.5 Å². The molecule has 33 heavy (non-hydrogen) atoms. The van der Waals surface area contributed by atoms with Gasteiger partial charge in [0.1, 0.15) is 0 Å². The number of hydrogen-bond acceptors (Lipinski definition) is 9. The van der Waals surface area contributed by atoms with Crippen LogP contribution in [0, 0.1) is 0 Å². The van der Waals surface area contributed by atoms with Crippen LogP contribution in [0.1, 0.15) is 92.6 Å². The molecule has 2 aromatic rings.